The highest BCUT2D eigenvalue weighted by Gasteiger charge is 2.48. The number of aromatic nitrogens is 6. The van der Waals surface area contributed by atoms with Crippen molar-refractivity contribution in [1.29, 1.82) is 0 Å². The molecule has 2 saturated heterocycles. The summed E-state index contributed by atoms with van der Waals surface area (Å²) in [5, 5.41) is 26.4. The number of aromatic amines is 1. The van der Waals surface area contributed by atoms with Crippen LogP contribution in [-0.2, 0) is 28.9 Å². The van der Waals surface area contributed by atoms with Gasteiger partial charge in [0.15, 0.2) is 39.0 Å². The molecule has 1 amide bonds. The van der Waals surface area contributed by atoms with E-state index in [2.05, 4.69) is 40.5 Å². The molecule has 6 rings (SSSR count). The Bertz CT molecular complexity index is 2020. The van der Waals surface area contributed by atoms with E-state index in [0.717, 1.165) is 0 Å². The van der Waals surface area contributed by atoms with Gasteiger partial charge in [0.05, 0.1) is 30.0 Å². The number of sulfone groups is 1. The Morgan fingerprint density at radius 3 is 2.70 bits per heavy atom. The zero-order valence-corrected chi connectivity index (χ0v) is 28.1. The Labute approximate surface area is 284 Å². The quantitative estimate of drug-likeness (QED) is 0.110. The first-order valence-electron chi connectivity index (χ1n) is 15.6. The van der Waals surface area contributed by atoms with Crippen LogP contribution in [0, 0.1) is 0 Å². The first kappa shape index (κ1) is 35.1. The number of likely N-dealkylation sites (tertiary alicyclic amines) is 1. The number of nitrogen functional groups attached to an aromatic ring is 2. The van der Waals surface area contributed by atoms with Gasteiger partial charge in [0, 0.05) is 19.6 Å². The average Bonchev–Trinajstić information content (AvgIpc) is 3.60. The molecule has 0 saturated carbocycles. The van der Waals surface area contributed by atoms with E-state index in [1.165, 1.54) is 24.3 Å². The van der Waals surface area contributed by atoms with Crippen molar-refractivity contribution in [3.05, 3.63) is 23.0 Å². The summed E-state index contributed by atoms with van der Waals surface area (Å²) in [5.41, 5.74) is 10.3. The van der Waals surface area contributed by atoms with Gasteiger partial charge in [0.2, 0.25) is 5.95 Å². The number of carbonyl (C=O) groups excluding carboxylic acids is 2. The molecule has 3 aromatic heterocycles. The number of piperidine rings is 1. The van der Waals surface area contributed by atoms with Gasteiger partial charge in [0.25, 0.3) is 11.5 Å². The van der Waals surface area contributed by atoms with Crippen molar-refractivity contribution in [3.8, 4) is 0 Å². The standard InChI is InChI=1S/C28H38N12O9S/c1-28(2)19(35-16-21(38-28)36-27(30)37-23(16)43)24(44)31-5-7-39-6-4-12(8-13(39)26(45)48-3)50(46,47)9-14-17(41)18(42)25(49-14)40-11-34-15-20(29)32-10-33-22(15)40/h10-14,17-18,25,41-42H,4-9H2,1-3H3,(H,31,44)(H2,29,32,33)(H4,30,36,37,38,43)/t12?,13?,14-,17?,18?,25-/m1/s1. The minimum atomic E-state index is -3.99. The number of aliphatic hydroxyl groups excluding tert-OH is 2. The second kappa shape index (κ2) is 13.2. The van der Waals surface area contributed by atoms with Crippen LogP contribution in [0.15, 0.2) is 22.4 Å². The van der Waals surface area contributed by atoms with Crippen LogP contribution in [0.5, 0.6) is 0 Å². The largest absolute Gasteiger partial charge is 0.468 e. The molecule has 0 aliphatic carbocycles. The van der Waals surface area contributed by atoms with Crippen LogP contribution in [-0.4, -0.2) is 138 Å². The molecule has 2 fully saturated rings. The Morgan fingerprint density at radius 2 is 1.96 bits per heavy atom. The van der Waals surface area contributed by atoms with E-state index in [0.29, 0.717) is 0 Å². The highest BCUT2D eigenvalue weighted by molar-refractivity contribution is 7.92. The number of H-pyrrole nitrogens is 1. The number of fused-ring (bicyclic) bond motifs is 2. The van der Waals surface area contributed by atoms with Crippen molar-refractivity contribution in [2.24, 2.45) is 4.99 Å². The van der Waals surface area contributed by atoms with Gasteiger partial charge in [-0.3, -0.25) is 28.8 Å². The number of hydrogen-bond donors (Lipinski definition) is 7. The lowest BCUT2D eigenvalue weighted by molar-refractivity contribution is -0.148. The molecular weight excluding hydrogens is 680 g/mol. The number of nitrogens with two attached hydrogens (primary N) is 2. The van der Waals surface area contributed by atoms with Gasteiger partial charge in [-0.05, 0) is 26.7 Å². The number of nitrogens with zero attached hydrogens (tertiary/aromatic N) is 7. The summed E-state index contributed by atoms with van der Waals surface area (Å²) in [4.78, 5) is 62.9. The fourth-order valence-electron chi connectivity index (χ4n) is 6.49. The lowest BCUT2D eigenvalue weighted by Gasteiger charge is -2.38. The van der Waals surface area contributed by atoms with E-state index in [9.17, 15) is 33.0 Å². The average molecular weight is 719 g/mol. The molecule has 6 heterocycles. The fraction of sp³-hybridized carbons (Fsp3) is 0.571. The summed E-state index contributed by atoms with van der Waals surface area (Å²) < 4.78 is 39.5. The number of rotatable bonds is 9. The Balaban J connectivity index is 1.09. The number of ether oxygens (including phenoxy) is 2. The third-order valence-corrected chi connectivity index (χ3v) is 11.3. The van der Waals surface area contributed by atoms with Crippen molar-refractivity contribution in [2.75, 3.05) is 49.3 Å². The maximum absolute atomic E-state index is 13.7. The number of hydrogen-bond acceptors (Lipinski definition) is 18. The number of aliphatic imine (C=N–C) groups is 1. The first-order chi connectivity index (χ1) is 23.6. The number of methoxy groups -OCH3 is 1. The zero-order chi connectivity index (χ0) is 36.1. The predicted molar refractivity (Wildman–Crippen MR) is 177 cm³/mol. The van der Waals surface area contributed by atoms with Gasteiger partial charge in [0.1, 0.15) is 41.9 Å². The summed E-state index contributed by atoms with van der Waals surface area (Å²) in [7, 11) is -2.79. The summed E-state index contributed by atoms with van der Waals surface area (Å²) >= 11 is 0. The fourth-order valence-corrected chi connectivity index (χ4v) is 8.43. The number of imidazole rings is 1. The molecule has 3 aliphatic rings. The molecule has 270 valence electrons. The van der Waals surface area contributed by atoms with E-state index < -0.39 is 74.4 Å². The molecule has 50 heavy (non-hydrogen) atoms. The summed E-state index contributed by atoms with van der Waals surface area (Å²) in [6, 6.07) is -0.951. The highest BCUT2D eigenvalue weighted by Crippen LogP contribution is 2.34. The van der Waals surface area contributed by atoms with Gasteiger partial charge in [-0.1, -0.05) is 0 Å². The van der Waals surface area contributed by atoms with Crippen molar-refractivity contribution in [2.45, 2.75) is 68.1 Å². The van der Waals surface area contributed by atoms with Gasteiger partial charge < -0.3 is 41.8 Å². The molecular formula is C28H38N12O9S. The van der Waals surface area contributed by atoms with E-state index in [1.807, 2.05) is 0 Å². The van der Waals surface area contributed by atoms with Gasteiger partial charge in [-0.2, -0.15) is 4.98 Å². The SMILES string of the molecule is COC(=O)C1CC(S(=O)(=O)C[C@H]2O[C@@H](n3cnc4c(N)ncnc43)C(O)C2O)CCN1CCNC(=O)C1=Nc2c(nc(N)[nH]c2=O)NC1(C)C. The van der Waals surface area contributed by atoms with Crippen LogP contribution in [0.1, 0.15) is 32.9 Å². The van der Waals surface area contributed by atoms with Crippen LogP contribution < -0.4 is 27.7 Å². The topological polar surface area (TPSA) is 308 Å². The van der Waals surface area contributed by atoms with Crippen LogP contribution >= 0.6 is 0 Å². The second-order valence-electron chi connectivity index (χ2n) is 12.8. The van der Waals surface area contributed by atoms with E-state index in [1.54, 1.807) is 18.7 Å². The smallest absolute Gasteiger partial charge is 0.323 e. The lowest BCUT2D eigenvalue weighted by Crippen LogP contribution is -2.55. The molecule has 21 nitrogen and oxygen atoms in total. The summed E-state index contributed by atoms with van der Waals surface area (Å²) in [6.07, 6.45) is -3.01. The number of aliphatic hydroxyl groups is 2. The van der Waals surface area contributed by atoms with Crippen LogP contribution in [0.3, 0.4) is 0 Å². The second-order valence-corrected chi connectivity index (χ2v) is 15.1. The van der Waals surface area contributed by atoms with Gasteiger partial charge in [-0.25, -0.2) is 28.4 Å². The maximum atomic E-state index is 13.7. The molecule has 3 aliphatic heterocycles. The normalized spacial score (nSPS) is 26.5. The van der Waals surface area contributed by atoms with Crippen molar-refractivity contribution < 1.29 is 37.7 Å². The number of amides is 1. The number of esters is 1. The molecule has 6 atom stereocenters. The molecule has 4 unspecified atom stereocenters. The molecule has 0 aromatic carbocycles. The monoisotopic (exact) mass is 718 g/mol. The van der Waals surface area contributed by atoms with Crippen molar-refractivity contribution >= 4 is 61.9 Å². The first-order valence-corrected chi connectivity index (χ1v) is 17.4. The number of carbonyl (C=O) groups is 2. The molecule has 0 spiro atoms. The molecule has 0 radical (unpaired) electrons. The summed E-state index contributed by atoms with van der Waals surface area (Å²) in [6.45, 7) is 3.77. The minimum absolute atomic E-state index is 0.0266. The third-order valence-electron chi connectivity index (χ3n) is 9.10. The van der Waals surface area contributed by atoms with E-state index in [4.69, 9.17) is 20.9 Å². The molecule has 3 aromatic rings. The molecule has 0 bridgehead atoms. The summed E-state index contributed by atoms with van der Waals surface area (Å²) in [5.74, 6) is -1.70. The van der Waals surface area contributed by atoms with Crippen LogP contribution in [0.25, 0.3) is 11.2 Å². The van der Waals surface area contributed by atoms with Gasteiger partial charge >= 0.3 is 5.97 Å². The van der Waals surface area contributed by atoms with E-state index in [-0.39, 0.29) is 72.6 Å². The number of nitrogens with one attached hydrogen (secondary N) is 3. The van der Waals surface area contributed by atoms with Crippen LogP contribution in [0.2, 0.25) is 0 Å². The van der Waals surface area contributed by atoms with Gasteiger partial charge in [-0.15, -0.1) is 0 Å². The Morgan fingerprint density at radius 1 is 1.20 bits per heavy atom. The Kier molecular flexibility index (Phi) is 9.24. The molecule has 22 heteroatoms. The highest BCUT2D eigenvalue weighted by atomic mass is 32.2. The lowest BCUT2D eigenvalue weighted by atomic mass is 9.95. The Hall–Kier alpha value is -4.77. The number of anilines is 3. The van der Waals surface area contributed by atoms with Crippen molar-refractivity contribution in [3.63, 3.8) is 0 Å². The maximum Gasteiger partial charge on any atom is 0.323 e. The van der Waals surface area contributed by atoms with Crippen LogP contribution in [0.4, 0.5) is 23.3 Å². The minimum Gasteiger partial charge on any atom is -0.468 e. The zero-order valence-electron chi connectivity index (χ0n) is 27.3. The third kappa shape index (κ3) is 6.46. The van der Waals surface area contributed by atoms with E-state index >= 15 is 0 Å². The van der Waals surface area contributed by atoms with Crippen molar-refractivity contribution in [1.82, 2.24) is 39.7 Å². The predicted octanol–water partition coefficient (Wildman–Crippen LogP) is -2.79. The molecule has 9 N–H and O–H groups in total.